The van der Waals surface area contributed by atoms with Gasteiger partial charge >= 0.3 is 17.1 Å². The van der Waals surface area contributed by atoms with E-state index in [-0.39, 0.29) is 27.1 Å². The molecule has 0 radical (unpaired) electrons. The summed E-state index contributed by atoms with van der Waals surface area (Å²) in [6, 6.07) is 66.8. The van der Waals surface area contributed by atoms with Crippen LogP contribution < -0.4 is 0 Å². The van der Waals surface area contributed by atoms with Gasteiger partial charge < -0.3 is 16.6 Å². The first kappa shape index (κ1) is 89.4. The molecule has 6 nitrogen and oxygen atoms in total. The third-order valence-electron chi connectivity index (χ3n) is 26.5. The molecule has 0 N–H and O–H groups in total. The summed E-state index contributed by atoms with van der Waals surface area (Å²) in [6.45, 7) is 62.2. The maximum atomic E-state index is 12.5. The highest BCUT2D eigenvalue weighted by atomic mass is 127. The lowest BCUT2D eigenvalue weighted by molar-refractivity contribution is -0.00310. The molecule has 126 heavy (non-hydrogen) atoms. The van der Waals surface area contributed by atoms with E-state index in [0.29, 0.717) is 22.7 Å². The van der Waals surface area contributed by atoms with Crippen LogP contribution >= 0.6 is 45.2 Å². The average Bonchev–Trinajstić information content (AvgIpc) is 0.724. The van der Waals surface area contributed by atoms with Gasteiger partial charge in [-0.05, 0) is 409 Å². The Balaban J connectivity index is 1.04. The van der Waals surface area contributed by atoms with Crippen molar-refractivity contribution in [2.75, 3.05) is 0 Å². The van der Waals surface area contributed by atoms with Crippen molar-refractivity contribution in [1.29, 1.82) is 0 Å². The summed E-state index contributed by atoms with van der Waals surface area (Å²) in [5.41, 5.74) is 71.9. The van der Waals surface area contributed by atoms with Crippen LogP contribution in [0, 0.1) is 121 Å². The largest absolute Gasteiger partial charge is 0.361 e. The van der Waals surface area contributed by atoms with Gasteiger partial charge in [0.2, 0.25) is 0 Å². The van der Waals surface area contributed by atoms with Crippen LogP contribution in [0.25, 0.3) is 115 Å². The van der Waals surface area contributed by atoms with Crippen LogP contribution in [0.15, 0.2) is 182 Å². The Kier molecular flexibility index (Phi) is 23.5. The molecule has 0 atom stereocenters. The van der Waals surface area contributed by atoms with Crippen molar-refractivity contribution in [2.45, 2.75) is 221 Å². The van der Waals surface area contributed by atoms with E-state index in [1.54, 1.807) is 0 Å². The maximum Gasteiger partial charge on any atom is 0.331 e. The van der Waals surface area contributed by atoms with Crippen LogP contribution in [-0.2, 0) is 27.1 Å². The molecule has 0 aromatic heterocycles. The predicted octanol–water partition coefficient (Wildman–Crippen LogP) is 31.3. The molecular formula is C118H114I2N6. The molecule has 0 saturated carbocycles. The normalized spacial score (nSPS) is 12.1. The Morgan fingerprint density at radius 2 is 0.460 bits per heavy atom. The zero-order chi connectivity index (χ0) is 91.1. The smallest absolute Gasteiger partial charge is 0.331 e. The van der Waals surface area contributed by atoms with E-state index < -0.39 is 0 Å². The second-order valence-electron chi connectivity index (χ2n) is 40.8. The Morgan fingerprint density at radius 1 is 0.230 bits per heavy atom. The van der Waals surface area contributed by atoms with Crippen LogP contribution in [0.1, 0.15) is 260 Å². The minimum absolute atomic E-state index is 0.0633. The number of hydrogen-bond acceptors (Lipinski definition) is 0. The Labute approximate surface area is 774 Å². The van der Waals surface area contributed by atoms with E-state index in [1.807, 2.05) is 0 Å². The SMILES string of the molecule is Cc1cc(C(C)(C)C)cc(C)c1C(=[N+]=[N-])c1c2cc(I)ccc2c(-c2c(C)cc(C(C)(C)C)cc2C)c2ccc(C#Cc3c(C)c(C#Cc4ccc5c(-c6c(C)cc(C(C)(C)C)cc6C)c6ccc(I)cc6c(C(=[N+]=[N-])c6c(C)cc(C(C)(C)C)cc6C)c5c4)c(C)c(C(=[N+]=[N-])c4c5ccccc5c(-c5c(C)cc(C(C)(C)C)cc5C)c5ccccc45)c3C)cc12. The highest BCUT2D eigenvalue weighted by Gasteiger charge is 2.36. The van der Waals surface area contributed by atoms with Gasteiger partial charge in [0.05, 0.1) is 33.4 Å². The van der Waals surface area contributed by atoms with Gasteiger partial charge in [0.15, 0.2) is 0 Å². The Bertz CT molecular complexity index is 7070. The van der Waals surface area contributed by atoms with Gasteiger partial charge in [-0.3, -0.25) is 0 Å². The molecule has 0 amide bonds. The monoisotopic (exact) mass is 1870 g/mol. The molecule has 0 aliphatic heterocycles. The van der Waals surface area contributed by atoms with E-state index in [2.05, 4.69) is 459 Å². The van der Waals surface area contributed by atoms with E-state index in [1.165, 1.54) is 66.8 Å². The first-order valence-corrected chi connectivity index (χ1v) is 46.2. The van der Waals surface area contributed by atoms with Gasteiger partial charge in [-0.15, -0.1) is 0 Å². The fraction of sp³-hybridized carbons (Fsp3) is 0.280. The molecule has 0 saturated heterocycles. The van der Waals surface area contributed by atoms with E-state index in [9.17, 15) is 16.6 Å². The van der Waals surface area contributed by atoms with Crippen molar-refractivity contribution in [3.63, 3.8) is 0 Å². The standard InChI is InChI=1S/C118H114I2N6/c1-63-49-78(114(14,15)16)50-64(2)99(63)105-87-33-29-31-35-89(87)108(90-36-32-30-34-88(90)105)113(126-123)104-74(12)85(43-37-76-39-45-91-95(59-76)109(111(124-121)102-69(7)55-81(56-70(102)8)117(23,24)25)97-61-83(119)41-47-93(97)106(91)100-65(3)51-79(52-66(100)4)115(17,18)19)73(11)86(75(104)13)44-38-77-40-46-92-96(60-77)110(112(125-122)103-71(9)57-82(58-72(103)10)118(26,27)28)98-62-84(120)42-48-94(98)107(92)101-67(5)53-80(54-68(101)6)116(20,21)22/h29-36,39-42,45-62H,1-28H3. The highest BCUT2D eigenvalue weighted by molar-refractivity contribution is 14.1. The molecule has 8 heteroatoms. The van der Waals surface area contributed by atoms with Crippen molar-refractivity contribution < 1.29 is 14.4 Å². The molecule has 15 rings (SSSR count). The zero-order valence-electron chi connectivity index (χ0n) is 78.8. The van der Waals surface area contributed by atoms with Gasteiger partial charge in [-0.1, -0.05) is 261 Å². The molecule has 0 aliphatic rings. The second kappa shape index (κ2) is 33.1. The van der Waals surface area contributed by atoms with Gasteiger partial charge in [-0.2, -0.15) is 14.4 Å². The number of halogens is 2. The number of aryl methyl sites for hydroxylation is 10. The summed E-state index contributed by atoms with van der Waals surface area (Å²) in [6.07, 6.45) is 0. The number of fused-ring (bicyclic) bond motifs is 6. The molecular weight excluding hydrogens is 1760 g/mol. The summed E-state index contributed by atoms with van der Waals surface area (Å²) in [5.74, 6) is 15.4. The minimum Gasteiger partial charge on any atom is -0.361 e. The van der Waals surface area contributed by atoms with Crippen LogP contribution in [0.4, 0.5) is 0 Å². The summed E-state index contributed by atoms with van der Waals surface area (Å²) in [7, 11) is 0. The summed E-state index contributed by atoms with van der Waals surface area (Å²) in [5, 5.41) is 11.8. The zero-order valence-corrected chi connectivity index (χ0v) is 83.1. The van der Waals surface area contributed by atoms with Crippen molar-refractivity contribution in [3.05, 3.63) is 362 Å². The molecule has 0 unspecified atom stereocenters. The number of hydrogen-bond donors (Lipinski definition) is 0. The van der Waals surface area contributed by atoms with Gasteiger partial charge in [0.25, 0.3) is 0 Å². The summed E-state index contributed by atoms with van der Waals surface area (Å²) < 4.78 is 2.09. The lowest BCUT2D eigenvalue weighted by atomic mass is 9.78. The third kappa shape index (κ3) is 15.9. The highest BCUT2D eigenvalue weighted by Crippen LogP contribution is 2.50. The first-order chi connectivity index (χ1) is 59.2. The predicted molar refractivity (Wildman–Crippen MR) is 553 cm³/mol. The molecule has 0 bridgehead atoms. The van der Waals surface area contributed by atoms with E-state index in [4.69, 9.17) is 0 Å². The topological polar surface area (TPSA) is 109 Å². The minimum atomic E-state index is -0.128. The van der Waals surface area contributed by atoms with Gasteiger partial charge in [0, 0.05) is 29.4 Å². The number of nitrogens with zero attached hydrogens (tertiary/aromatic N) is 6. The van der Waals surface area contributed by atoms with Crippen molar-refractivity contribution >= 4 is 127 Å². The van der Waals surface area contributed by atoms with Crippen molar-refractivity contribution in [3.8, 4) is 57.1 Å². The third-order valence-corrected chi connectivity index (χ3v) is 27.8. The Hall–Kier alpha value is -11.4. The van der Waals surface area contributed by atoms with Crippen LogP contribution in [0.2, 0.25) is 0 Å². The fourth-order valence-electron chi connectivity index (χ4n) is 20.1. The number of benzene rings is 15. The molecule has 0 aliphatic carbocycles. The molecule has 630 valence electrons. The Morgan fingerprint density at radius 3 is 0.730 bits per heavy atom. The van der Waals surface area contributed by atoms with Crippen LogP contribution in [-0.4, -0.2) is 31.5 Å². The van der Waals surface area contributed by atoms with Crippen molar-refractivity contribution in [1.82, 2.24) is 0 Å². The lowest BCUT2D eigenvalue weighted by Crippen LogP contribution is -2.16. The van der Waals surface area contributed by atoms with Crippen LogP contribution in [0.5, 0.6) is 0 Å². The average molecular weight is 1870 g/mol. The first-order valence-electron chi connectivity index (χ1n) is 44.0. The van der Waals surface area contributed by atoms with Gasteiger partial charge in [-0.25, -0.2) is 0 Å². The summed E-state index contributed by atoms with van der Waals surface area (Å²) >= 11 is 4.86. The molecule has 0 fully saturated rings. The van der Waals surface area contributed by atoms with Gasteiger partial charge in [0.1, 0.15) is 0 Å². The number of rotatable bonds is 9. The summed E-state index contributed by atoms with van der Waals surface area (Å²) in [4.78, 5) is 13.4. The molecule has 15 aromatic carbocycles. The molecule has 0 spiro atoms. The van der Waals surface area contributed by atoms with Crippen LogP contribution in [0.3, 0.4) is 0 Å². The van der Waals surface area contributed by atoms with E-state index in [0.717, 1.165) is 189 Å². The molecule has 15 aromatic rings. The fourth-order valence-corrected chi connectivity index (χ4v) is 21.0. The lowest BCUT2D eigenvalue weighted by Gasteiger charge is -2.24. The maximum absolute atomic E-state index is 12.5. The van der Waals surface area contributed by atoms with Crippen molar-refractivity contribution in [2.24, 2.45) is 0 Å². The quantitative estimate of drug-likeness (QED) is 0.0343. The van der Waals surface area contributed by atoms with E-state index >= 15 is 0 Å². The second-order valence-corrected chi connectivity index (χ2v) is 43.3. The molecule has 0 heterocycles.